The molecule has 0 aliphatic heterocycles. The van der Waals surface area contributed by atoms with Crippen molar-refractivity contribution in [3.63, 3.8) is 0 Å². The monoisotopic (exact) mass is 338 g/mol. The van der Waals surface area contributed by atoms with Crippen molar-refractivity contribution >= 4 is 22.6 Å². The Labute approximate surface area is 145 Å². The largest absolute Gasteiger partial charge is 0.290 e. The van der Waals surface area contributed by atoms with E-state index in [1.807, 2.05) is 28.8 Å². The zero-order chi connectivity index (χ0) is 16.8. The Morgan fingerprint density at radius 2 is 2.04 bits per heavy atom. The Morgan fingerprint density at radius 3 is 2.71 bits per heavy atom. The molecule has 1 aliphatic rings. The molecule has 3 nitrogen and oxygen atoms in total. The van der Waals surface area contributed by atoms with Gasteiger partial charge in [0.25, 0.3) is 5.56 Å². The van der Waals surface area contributed by atoms with Crippen molar-refractivity contribution in [3.8, 4) is 11.1 Å². The standard InChI is InChI=1S/C20H19ClN2O/c1-3-15-9-12(2)19-17(13-5-4-6-14(21)10-13)11-18(24)23(16-7-8-16)20(19)22-15/h4-6,9-11,16H,3,7-8H2,1-2H3. The molecule has 1 aromatic carbocycles. The van der Waals surface area contributed by atoms with E-state index in [-0.39, 0.29) is 5.56 Å². The van der Waals surface area contributed by atoms with Crippen molar-refractivity contribution in [1.82, 2.24) is 9.55 Å². The van der Waals surface area contributed by atoms with E-state index >= 15 is 0 Å². The SMILES string of the molecule is CCc1cc(C)c2c(-c3cccc(Cl)c3)cc(=O)n(C3CC3)c2n1. The molecule has 1 fully saturated rings. The van der Waals surface area contributed by atoms with Crippen molar-refractivity contribution in [3.05, 3.63) is 63.0 Å². The summed E-state index contributed by atoms with van der Waals surface area (Å²) in [4.78, 5) is 17.6. The van der Waals surface area contributed by atoms with E-state index in [4.69, 9.17) is 16.6 Å². The maximum atomic E-state index is 12.8. The average molecular weight is 339 g/mol. The molecule has 4 rings (SSSR count). The van der Waals surface area contributed by atoms with Crippen LogP contribution in [0.3, 0.4) is 0 Å². The smallest absolute Gasteiger partial charge is 0.253 e. The molecule has 2 aromatic heterocycles. The summed E-state index contributed by atoms with van der Waals surface area (Å²) in [6.45, 7) is 4.19. The Hall–Kier alpha value is -2.13. The van der Waals surface area contributed by atoms with Gasteiger partial charge in [0.15, 0.2) is 0 Å². The zero-order valence-corrected chi connectivity index (χ0v) is 14.6. The highest BCUT2D eigenvalue weighted by atomic mass is 35.5. The molecule has 122 valence electrons. The van der Waals surface area contributed by atoms with Gasteiger partial charge in [0.1, 0.15) is 5.65 Å². The quantitative estimate of drug-likeness (QED) is 0.679. The maximum Gasteiger partial charge on any atom is 0.253 e. The van der Waals surface area contributed by atoms with Gasteiger partial charge in [0, 0.05) is 28.2 Å². The van der Waals surface area contributed by atoms with Crippen LogP contribution >= 0.6 is 11.6 Å². The maximum absolute atomic E-state index is 12.8. The first-order chi connectivity index (χ1) is 11.6. The van der Waals surface area contributed by atoms with Crippen LogP contribution in [0.5, 0.6) is 0 Å². The van der Waals surface area contributed by atoms with Crippen molar-refractivity contribution in [1.29, 1.82) is 0 Å². The number of nitrogens with zero attached hydrogens (tertiary/aromatic N) is 2. The number of benzene rings is 1. The molecule has 0 atom stereocenters. The minimum absolute atomic E-state index is 0.0279. The molecule has 1 saturated carbocycles. The van der Waals surface area contributed by atoms with E-state index in [2.05, 4.69) is 19.9 Å². The van der Waals surface area contributed by atoms with Crippen LogP contribution in [0.1, 0.15) is 37.1 Å². The van der Waals surface area contributed by atoms with Gasteiger partial charge in [-0.1, -0.05) is 30.7 Å². The minimum atomic E-state index is 0.0279. The van der Waals surface area contributed by atoms with Gasteiger partial charge in [-0.2, -0.15) is 0 Å². The molecule has 0 amide bonds. The molecule has 0 unspecified atom stereocenters. The first-order valence-electron chi connectivity index (χ1n) is 8.40. The van der Waals surface area contributed by atoms with Gasteiger partial charge < -0.3 is 0 Å². The van der Waals surface area contributed by atoms with Crippen LogP contribution in [-0.2, 0) is 6.42 Å². The molecule has 0 saturated heterocycles. The van der Waals surface area contributed by atoms with Crippen molar-refractivity contribution in [2.75, 3.05) is 0 Å². The van der Waals surface area contributed by atoms with E-state index in [9.17, 15) is 4.79 Å². The number of hydrogen-bond acceptors (Lipinski definition) is 2. The third-order valence-electron chi connectivity index (χ3n) is 4.66. The van der Waals surface area contributed by atoms with E-state index in [1.54, 1.807) is 6.07 Å². The second-order valence-corrected chi connectivity index (χ2v) is 6.93. The summed E-state index contributed by atoms with van der Waals surface area (Å²) in [6.07, 6.45) is 2.97. The fourth-order valence-electron chi connectivity index (χ4n) is 3.35. The van der Waals surface area contributed by atoms with Crippen LogP contribution in [0, 0.1) is 6.92 Å². The van der Waals surface area contributed by atoms with Gasteiger partial charge in [-0.25, -0.2) is 4.98 Å². The second kappa shape index (κ2) is 5.75. The predicted molar refractivity (Wildman–Crippen MR) is 98.8 cm³/mol. The first kappa shape index (κ1) is 15.4. The molecule has 4 heteroatoms. The highest BCUT2D eigenvalue weighted by Crippen LogP contribution is 2.38. The summed E-state index contributed by atoms with van der Waals surface area (Å²) in [7, 11) is 0. The summed E-state index contributed by atoms with van der Waals surface area (Å²) >= 11 is 6.17. The molecular formula is C20H19ClN2O. The second-order valence-electron chi connectivity index (χ2n) is 6.49. The Bertz CT molecular complexity index is 1000. The summed E-state index contributed by atoms with van der Waals surface area (Å²) in [5.41, 5.74) is 4.90. The van der Waals surface area contributed by atoms with Gasteiger partial charge in [0.05, 0.1) is 0 Å². The molecule has 0 N–H and O–H groups in total. The third kappa shape index (κ3) is 2.53. The number of hydrogen-bond donors (Lipinski definition) is 0. The van der Waals surface area contributed by atoms with Crippen LogP contribution in [0.2, 0.25) is 5.02 Å². The highest BCUT2D eigenvalue weighted by molar-refractivity contribution is 6.30. The van der Waals surface area contributed by atoms with Crippen LogP contribution in [0.25, 0.3) is 22.2 Å². The van der Waals surface area contributed by atoms with Gasteiger partial charge in [-0.15, -0.1) is 0 Å². The number of halogens is 1. The number of pyridine rings is 2. The normalized spacial score (nSPS) is 14.3. The lowest BCUT2D eigenvalue weighted by Gasteiger charge is -2.15. The molecule has 3 aromatic rings. The van der Waals surface area contributed by atoms with E-state index in [0.717, 1.165) is 52.7 Å². The lowest BCUT2D eigenvalue weighted by atomic mass is 9.99. The Kier molecular flexibility index (Phi) is 3.69. The van der Waals surface area contributed by atoms with Crippen molar-refractivity contribution in [2.45, 2.75) is 39.2 Å². The van der Waals surface area contributed by atoms with Crippen LogP contribution in [0.4, 0.5) is 0 Å². The zero-order valence-electron chi connectivity index (χ0n) is 13.8. The van der Waals surface area contributed by atoms with E-state index in [0.29, 0.717) is 11.1 Å². The third-order valence-corrected chi connectivity index (χ3v) is 4.90. The summed E-state index contributed by atoms with van der Waals surface area (Å²) < 4.78 is 1.88. The number of aromatic nitrogens is 2. The topological polar surface area (TPSA) is 34.9 Å². The predicted octanol–water partition coefficient (Wildman–Crippen LogP) is 4.92. The molecule has 1 aliphatic carbocycles. The van der Waals surface area contributed by atoms with E-state index < -0.39 is 0 Å². The molecule has 24 heavy (non-hydrogen) atoms. The summed E-state index contributed by atoms with van der Waals surface area (Å²) in [5.74, 6) is 0. The number of fused-ring (bicyclic) bond motifs is 1. The van der Waals surface area contributed by atoms with Crippen molar-refractivity contribution < 1.29 is 0 Å². The summed E-state index contributed by atoms with van der Waals surface area (Å²) in [6, 6.07) is 11.8. The van der Waals surface area contributed by atoms with Gasteiger partial charge in [-0.3, -0.25) is 9.36 Å². The molecule has 0 radical (unpaired) electrons. The van der Waals surface area contributed by atoms with Gasteiger partial charge >= 0.3 is 0 Å². The summed E-state index contributed by atoms with van der Waals surface area (Å²) in [5, 5.41) is 1.73. The van der Waals surface area contributed by atoms with Crippen LogP contribution < -0.4 is 5.56 Å². The first-order valence-corrected chi connectivity index (χ1v) is 8.78. The highest BCUT2D eigenvalue weighted by Gasteiger charge is 2.28. The molecular weight excluding hydrogens is 320 g/mol. The molecule has 0 spiro atoms. The fourth-order valence-corrected chi connectivity index (χ4v) is 3.54. The van der Waals surface area contributed by atoms with Crippen LogP contribution in [-0.4, -0.2) is 9.55 Å². The average Bonchev–Trinajstić information content (AvgIpc) is 3.38. The lowest BCUT2D eigenvalue weighted by molar-refractivity contribution is 0.727. The number of aryl methyl sites for hydroxylation is 2. The lowest BCUT2D eigenvalue weighted by Crippen LogP contribution is -2.20. The number of rotatable bonds is 3. The van der Waals surface area contributed by atoms with Crippen LogP contribution in [0.15, 0.2) is 41.2 Å². The van der Waals surface area contributed by atoms with Crippen molar-refractivity contribution in [2.24, 2.45) is 0 Å². The van der Waals surface area contributed by atoms with Gasteiger partial charge in [-0.05, 0) is 61.1 Å². The van der Waals surface area contributed by atoms with E-state index in [1.165, 1.54) is 0 Å². The fraction of sp³-hybridized carbons (Fsp3) is 0.300. The molecule has 0 bridgehead atoms. The minimum Gasteiger partial charge on any atom is -0.290 e. The van der Waals surface area contributed by atoms with Gasteiger partial charge in [0.2, 0.25) is 0 Å². The Morgan fingerprint density at radius 1 is 1.25 bits per heavy atom. The molecule has 2 heterocycles. The Balaban J connectivity index is 2.12.